The van der Waals surface area contributed by atoms with Crippen LogP contribution in [0.4, 0.5) is 0 Å². The van der Waals surface area contributed by atoms with Gasteiger partial charge in [-0.1, -0.05) is 67.9 Å². The maximum absolute atomic E-state index is 11.3. The molecule has 0 aliphatic carbocycles. The normalized spacial score (nSPS) is 17.4. The molecule has 0 radical (unpaired) electrons. The van der Waals surface area contributed by atoms with E-state index in [2.05, 4.69) is 74.2 Å². The van der Waals surface area contributed by atoms with Crippen LogP contribution in [-0.2, 0) is 4.79 Å². The van der Waals surface area contributed by atoms with E-state index in [4.69, 9.17) is 0 Å². The van der Waals surface area contributed by atoms with E-state index < -0.39 is 5.97 Å². The van der Waals surface area contributed by atoms with Gasteiger partial charge in [0.05, 0.1) is 12.0 Å². The van der Waals surface area contributed by atoms with Crippen molar-refractivity contribution in [3.05, 3.63) is 70.8 Å². The summed E-state index contributed by atoms with van der Waals surface area (Å²) in [6, 6.07) is 17.8. The number of carboxylic acids is 1. The number of hydrogen-bond acceptors (Lipinski definition) is 2. The summed E-state index contributed by atoms with van der Waals surface area (Å²) in [5, 5.41) is 9.30. The number of carboxylic acid groups (broad SMARTS) is 1. The van der Waals surface area contributed by atoms with Gasteiger partial charge in [0, 0.05) is 0 Å². The van der Waals surface area contributed by atoms with Gasteiger partial charge in [-0.2, -0.15) is 0 Å². The van der Waals surface area contributed by atoms with E-state index in [-0.39, 0.29) is 12.0 Å². The van der Waals surface area contributed by atoms with Gasteiger partial charge in [0.2, 0.25) is 0 Å². The van der Waals surface area contributed by atoms with Gasteiger partial charge in [0.15, 0.2) is 0 Å². The van der Waals surface area contributed by atoms with Crippen LogP contribution in [0.2, 0.25) is 0 Å². The number of nitrogens with zero attached hydrogens (tertiary/aromatic N) is 1. The molecule has 138 valence electrons. The van der Waals surface area contributed by atoms with Crippen LogP contribution in [0.3, 0.4) is 0 Å². The SMILES string of the molecule is Cc1cccc(C(c2ccc(C(C)C)cc2)N2CCC(C(=O)O)CC2)c1. The standard InChI is InChI=1S/C23H29NO2/c1-16(2)18-7-9-19(10-8-18)22(21-6-4-5-17(3)15-21)24-13-11-20(12-14-24)23(25)26/h4-10,15-16,20,22H,11-14H2,1-3H3,(H,25,26). The molecule has 1 fully saturated rings. The number of rotatable bonds is 5. The van der Waals surface area contributed by atoms with Gasteiger partial charge in [-0.25, -0.2) is 0 Å². The Bertz CT molecular complexity index is 743. The summed E-state index contributed by atoms with van der Waals surface area (Å²) < 4.78 is 0. The molecule has 1 saturated heterocycles. The van der Waals surface area contributed by atoms with E-state index in [0.717, 1.165) is 25.9 Å². The first-order valence-corrected chi connectivity index (χ1v) is 9.59. The Balaban J connectivity index is 1.91. The minimum Gasteiger partial charge on any atom is -0.481 e. The third-order valence-corrected chi connectivity index (χ3v) is 5.52. The van der Waals surface area contributed by atoms with Gasteiger partial charge in [0.1, 0.15) is 0 Å². The summed E-state index contributed by atoms with van der Waals surface area (Å²) in [5.41, 5.74) is 5.18. The van der Waals surface area contributed by atoms with E-state index in [1.165, 1.54) is 22.3 Å². The van der Waals surface area contributed by atoms with Crippen molar-refractivity contribution in [2.45, 2.75) is 45.6 Å². The molecule has 1 aliphatic rings. The highest BCUT2D eigenvalue weighted by Crippen LogP contribution is 2.33. The van der Waals surface area contributed by atoms with Gasteiger partial charge in [-0.3, -0.25) is 9.69 Å². The topological polar surface area (TPSA) is 40.5 Å². The predicted molar refractivity (Wildman–Crippen MR) is 105 cm³/mol. The lowest BCUT2D eigenvalue weighted by atomic mass is 9.90. The first-order valence-electron chi connectivity index (χ1n) is 9.59. The van der Waals surface area contributed by atoms with E-state index in [0.29, 0.717) is 5.92 Å². The van der Waals surface area contributed by atoms with E-state index in [1.54, 1.807) is 0 Å². The zero-order valence-electron chi connectivity index (χ0n) is 16.0. The van der Waals surface area contributed by atoms with E-state index >= 15 is 0 Å². The Hall–Kier alpha value is -2.13. The minimum atomic E-state index is -0.655. The molecule has 0 bridgehead atoms. The first kappa shape index (κ1) is 18.7. The molecular weight excluding hydrogens is 322 g/mol. The Kier molecular flexibility index (Phi) is 5.77. The lowest BCUT2D eigenvalue weighted by Crippen LogP contribution is -2.39. The van der Waals surface area contributed by atoms with Crippen LogP contribution in [0.5, 0.6) is 0 Å². The quantitative estimate of drug-likeness (QED) is 0.824. The molecule has 0 spiro atoms. The van der Waals surface area contributed by atoms with Crippen molar-refractivity contribution in [1.29, 1.82) is 0 Å². The maximum Gasteiger partial charge on any atom is 0.306 e. The Morgan fingerprint density at radius 1 is 1.00 bits per heavy atom. The Labute approximate surface area is 156 Å². The minimum absolute atomic E-state index is 0.186. The number of likely N-dealkylation sites (tertiary alicyclic amines) is 1. The van der Waals surface area contributed by atoms with Crippen LogP contribution in [0.15, 0.2) is 48.5 Å². The molecule has 1 N–H and O–H groups in total. The van der Waals surface area contributed by atoms with Gasteiger partial charge in [0.25, 0.3) is 0 Å². The molecule has 0 amide bonds. The molecule has 1 unspecified atom stereocenters. The second-order valence-electron chi connectivity index (χ2n) is 7.79. The van der Waals surface area contributed by atoms with E-state index in [1.807, 2.05) is 0 Å². The summed E-state index contributed by atoms with van der Waals surface area (Å²) in [6.07, 6.45) is 1.45. The van der Waals surface area contributed by atoms with Crippen LogP contribution < -0.4 is 0 Å². The smallest absolute Gasteiger partial charge is 0.306 e. The number of aliphatic carboxylic acids is 1. The van der Waals surface area contributed by atoms with E-state index in [9.17, 15) is 9.90 Å². The van der Waals surface area contributed by atoms with Crippen molar-refractivity contribution in [2.24, 2.45) is 5.92 Å². The van der Waals surface area contributed by atoms with Crippen LogP contribution >= 0.6 is 0 Å². The average molecular weight is 351 g/mol. The van der Waals surface area contributed by atoms with Gasteiger partial charge >= 0.3 is 5.97 Å². The van der Waals surface area contributed by atoms with Crippen LogP contribution in [0.25, 0.3) is 0 Å². The summed E-state index contributed by atoms with van der Waals surface area (Å²) in [4.78, 5) is 13.7. The molecule has 3 nitrogen and oxygen atoms in total. The zero-order chi connectivity index (χ0) is 18.7. The fourth-order valence-electron chi connectivity index (χ4n) is 3.92. The number of piperidine rings is 1. The number of benzene rings is 2. The van der Waals surface area contributed by atoms with Crippen molar-refractivity contribution in [3.63, 3.8) is 0 Å². The maximum atomic E-state index is 11.3. The van der Waals surface area contributed by atoms with Crippen LogP contribution in [-0.4, -0.2) is 29.1 Å². The van der Waals surface area contributed by atoms with Gasteiger partial charge in [-0.05, 0) is 55.5 Å². The highest BCUT2D eigenvalue weighted by Gasteiger charge is 2.30. The monoisotopic (exact) mass is 351 g/mol. The highest BCUT2D eigenvalue weighted by molar-refractivity contribution is 5.70. The largest absolute Gasteiger partial charge is 0.481 e. The molecule has 2 aromatic carbocycles. The van der Waals surface area contributed by atoms with Gasteiger partial charge in [-0.15, -0.1) is 0 Å². The summed E-state index contributed by atoms with van der Waals surface area (Å²) in [5.74, 6) is -0.335. The molecule has 1 aliphatic heterocycles. The molecule has 0 aromatic heterocycles. The number of hydrogen-bond donors (Lipinski definition) is 1. The molecular formula is C23H29NO2. The fraction of sp³-hybridized carbons (Fsp3) is 0.435. The molecule has 2 aromatic rings. The second kappa shape index (κ2) is 8.05. The van der Waals surface area contributed by atoms with Crippen molar-refractivity contribution in [3.8, 4) is 0 Å². The summed E-state index contributed by atoms with van der Waals surface area (Å²) in [6.45, 7) is 8.19. The fourth-order valence-corrected chi connectivity index (χ4v) is 3.92. The molecule has 1 atom stereocenters. The molecule has 3 heteroatoms. The van der Waals surface area contributed by atoms with Crippen LogP contribution in [0, 0.1) is 12.8 Å². The third-order valence-electron chi connectivity index (χ3n) is 5.52. The van der Waals surface area contributed by atoms with Crippen molar-refractivity contribution in [1.82, 2.24) is 4.90 Å². The lowest BCUT2D eigenvalue weighted by Gasteiger charge is -2.37. The van der Waals surface area contributed by atoms with Crippen LogP contribution in [0.1, 0.15) is 60.9 Å². The summed E-state index contributed by atoms with van der Waals surface area (Å²) in [7, 11) is 0. The second-order valence-corrected chi connectivity index (χ2v) is 7.79. The Morgan fingerprint density at radius 2 is 1.62 bits per heavy atom. The molecule has 26 heavy (non-hydrogen) atoms. The summed E-state index contributed by atoms with van der Waals surface area (Å²) >= 11 is 0. The van der Waals surface area contributed by atoms with Crippen molar-refractivity contribution < 1.29 is 9.90 Å². The molecule has 1 heterocycles. The average Bonchev–Trinajstić information content (AvgIpc) is 2.63. The zero-order valence-corrected chi connectivity index (χ0v) is 16.0. The molecule has 0 saturated carbocycles. The number of aryl methyl sites for hydroxylation is 1. The first-order chi connectivity index (χ1) is 12.5. The lowest BCUT2D eigenvalue weighted by molar-refractivity contribution is -0.143. The van der Waals surface area contributed by atoms with Crippen molar-refractivity contribution in [2.75, 3.05) is 13.1 Å². The third kappa shape index (κ3) is 4.16. The molecule has 3 rings (SSSR count). The van der Waals surface area contributed by atoms with Gasteiger partial charge < -0.3 is 5.11 Å². The van der Waals surface area contributed by atoms with Crippen molar-refractivity contribution >= 4 is 5.97 Å². The number of carbonyl (C=O) groups is 1. The Morgan fingerprint density at radius 3 is 2.15 bits per heavy atom. The highest BCUT2D eigenvalue weighted by atomic mass is 16.4. The predicted octanol–water partition coefficient (Wildman–Crippen LogP) is 5.00.